The van der Waals surface area contributed by atoms with Crippen LogP contribution in [0.1, 0.15) is 61.4 Å². The topological polar surface area (TPSA) is 67.4 Å². The van der Waals surface area contributed by atoms with E-state index in [9.17, 15) is 9.59 Å². The minimum absolute atomic E-state index is 0.157. The number of benzene rings is 1. The van der Waals surface area contributed by atoms with Gasteiger partial charge < -0.3 is 15.4 Å². The van der Waals surface area contributed by atoms with Gasteiger partial charge in [0.1, 0.15) is 6.10 Å². The average molecular weight is 332 g/mol. The van der Waals surface area contributed by atoms with Gasteiger partial charge in [0.15, 0.2) is 0 Å². The van der Waals surface area contributed by atoms with Crippen LogP contribution in [0.3, 0.4) is 0 Å². The fourth-order valence-electron chi connectivity index (χ4n) is 3.16. The van der Waals surface area contributed by atoms with Crippen LogP contribution in [0, 0.1) is 6.92 Å². The molecule has 0 heterocycles. The summed E-state index contributed by atoms with van der Waals surface area (Å²) < 4.78 is 5.95. The van der Waals surface area contributed by atoms with Gasteiger partial charge in [-0.2, -0.15) is 0 Å². The predicted molar refractivity (Wildman–Crippen MR) is 95.2 cm³/mol. The highest BCUT2D eigenvalue weighted by atomic mass is 16.5. The highest BCUT2D eigenvalue weighted by Gasteiger charge is 2.22. The van der Waals surface area contributed by atoms with Crippen molar-refractivity contribution >= 4 is 17.5 Å². The van der Waals surface area contributed by atoms with Crippen molar-refractivity contribution in [1.82, 2.24) is 5.32 Å². The molecule has 0 spiro atoms. The second kappa shape index (κ2) is 8.83. The first-order chi connectivity index (χ1) is 11.5. The summed E-state index contributed by atoms with van der Waals surface area (Å²) in [5.41, 5.74) is 1.84. The van der Waals surface area contributed by atoms with E-state index in [2.05, 4.69) is 10.6 Å². The quantitative estimate of drug-likeness (QED) is 0.812. The maximum atomic E-state index is 12.5. The van der Waals surface area contributed by atoms with E-state index in [-0.39, 0.29) is 17.9 Å². The molecule has 2 amide bonds. The third-order valence-electron chi connectivity index (χ3n) is 4.55. The summed E-state index contributed by atoms with van der Waals surface area (Å²) in [6.45, 7) is 3.63. The van der Waals surface area contributed by atoms with Crippen LogP contribution in [0.2, 0.25) is 0 Å². The summed E-state index contributed by atoms with van der Waals surface area (Å²) in [5, 5.41) is 5.46. The van der Waals surface area contributed by atoms with E-state index in [1.54, 1.807) is 20.0 Å². The predicted octanol–water partition coefficient (Wildman–Crippen LogP) is 3.42. The molecule has 0 saturated heterocycles. The molecule has 0 radical (unpaired) electrons. The minimum Gasteiger partial charge on any atom is -0.365 e. The Morgan fingerprint density at radius 1 is 1.17 bits per heavy atom. The van der Waals surface area contributed by atoms with Crippen molar-refractivity contribution in [2.45, 2.75) is 64.6 Å². The Bertz CT molecular complexity index is 578. The van der Waals surface area contributed by atoms with Crippen molar-refractivity contribution in [1.29, 1.82) is 0 Å². The summed E-state index contributed by atoms with van der Waals surface area (Å²) in [6, 6.07) is 5.42. The zero-order chi connectivity index (χ0) is 17.5. The number of hydrogen-bond donors (Lipinski definition) is 2. The molecule has 2 rings (SSSR count). The lowest BCUT2D eigenvalue weighted by atomic mass is 10.1. The average Bonchev–Trinajstić information content (AvgIpc) is 2.83. The smallest absolute Gasteiger partial charge is 0.253 e. The van der Waals surface area contributed by atoms with Crippen LogP contribution in [0.4, 0.5) is 5.69 Å². The lowest BCUT2D eigenvalue weighted by Crippen LogP contribution is -2.32. The van der Waals surface area contributed by atoms with Gasteiger partial charge in [0, 0.05) is 7.05 Å². The van der Waals surface area contributed by atoms with E-state index in [1.807, 2.05) is 19.1 Å². The molecule has 1 aromatic rings. The van der Waals surface area contributed by atoms with Crippen LogP contribution >= 0.6 is 0 Å². The molecule has 0 aliphatic heterocycles. The van der Waals surface area contributed by atoms with E-state index >= 15 is 0 Å². The normalized spacial score (nSPS) is 17.0. The molecule has 1 aromatic carbocycles. The van der Waals surface area contributed by atoms with Crippen molar-refractivity contribution in [3.05, 3.63) is 29.3 Å². The number of anilines is 1. The number of nitrogens with one attached hydrogen (secondary N) is 2. The molecule has 1 aliphatic carbocycles. The van der Waals surface area contributed by atoms with Crippen LogP contribution in [-0.2, 0) is 9.53 Å². The molecular weight excluding hydrogens is 304 g/mol. The Balaban J connectivity index is 2.03. The van der Waals surface area contributed by atoms with Gasteiger partial charge in [0.2, 0.25) is 0 Å². The molecule has 5 heteroatoms. The zero-order valence-corrected chi connectivity index (χ0v) is 14.9. The molecular formula is C19H28N2O3. The van der Waals surface area contributed by atoms with Crippen LogP contribution in [0.25, 0.3) is 0 Å². The maximum absolute atomic E-state index is 12.5. The number of ether oxygens (including phenoxy) is 1. The molecule has 1 aliphatic rings. The summed E-state index contributed by atoms with van der Waals surface area (Å²) >= 11 is 0. The number of amides is 2. The Hall–Kier alpha value is -1.88. The highest BCUT2D eigenvalue weighted by molar-refractivity contribution is 6.05. The minimum atomic E-state index is -0.536. The van der Waals surface area contributed by atoms with Crippen molar-refractivity contribution in [2.75, 3.05) is 12.4 Å². The first kappa shape index (κ1) is 18.5. The molecule has 1 saturated carbocycles. The summed E-state index contributed by atoms with van der Waals surface area (Å²) in [6.07, 6.45) is 6.49. The first-order valence-corrected chi connectivity index (χ1v) is 8.81. The third kappa shape index (κ3) is 4.81. The number of carbonyl (C=O) groups is 2. The molecule has 2 N–H and O–H groups in total. The van der Waals surface area contributed by atoms with Crippen LogP contribution in [0.5, 0.6) is 0 Å². The highest BCUT2D eigenvalue weighted by Crippen LogP contribution is 2.23. The molecule has 0 bridgehead atoms. The van der Waals surface area contributed by atoms with Crippen molar-refractivity contribution in [3.63, 3.8) is 0 Å². The van der Waals surface area contributed by atoms with Gasteiger partial charge in [-0.05, 0) is 38.3 Å². The number of hydrogen-bond acceptors (Lipinski definition) is 3. The van der Waals surface area contributed by atoms with Crippen molar-refractivity contribution < 1.29 is 14.3 Å². The molecule has 132 valence electrons. The van der Waals surface area contributed by atoms with Gasteiger partial charge in [0.25, 0.3) is 11.8 Å². The Kier molecular flexibility index (Phi) is 6.79. The largest absolute Gasteiger partial charge is 0.365 e. The molecule has 1 fully saturated rings. The Morgan fingerprint density at radius 3 is 2.46 bits per heavy atom. The lowest BCUT2D eigenvalue weighted by Gasteiger charge is -2.21. The standard InChI is InChI=1S/C19H28N2O3/c1-13-9-8-12-16(17(13)19(23)20-3)21-18(22)14(2)24-15-10-6-4-5-7-11-15/h8-9,12,14-15H,4-7,10-11H2,1-3H3,(H,20,23)(H,21,22)/t14-/m0/s1. The van der Waals surface area contributed by atoms with E-state index in [0.29, 0.717) is 11.3 Å². The van der Waals surface area contributed by atoms with E-state index in [1.165, 1.54) is 12.8 Å². The third-order valence-corrected chi connectivity index (χ3v) is 4.55. The second-order valence-electron chi connectivity index (χ2n) is 6.46. The van der Waals surface area contributed by atoms with Crippen molar-refractivity contribution in [2.24, 2.45) is 0 Å². The van der Waals surface area contributed by atoms with Gasteiger partial charge in [-0.15, -0.1) is 0 Å². The van der Waals surface area contributed by atoms with Crippen LogP contribution < -0.4 is 10.6 Å². The van der Waals surface area contributed by atoms with E-state index in [0.717, 1.165) is 31.2 Å². The van der Waals surface area contributed by atoms with E-state index < -0.39 is 6.10 Å². The first-order valence-electron chi connectivity index (χ1n) is 8.81. The number of aryl methyl sites for hydroxylation is 1. The SMILES string of the molecule is CNC(=O)c1c(C)cccc1NC(=O)[C@H](C)OC1CCCCCC1. The summed E-state index contributed by atoms with van der Waals surface area (Å²) in [7, 11) is 1.58. The Labute approximate surface area is 144 Å². The molecule has 24 heavy (non-hydrogen) atoms. The zero-order valence-electron chi connectivity index (χ0n) is 14.9. The van der Waals surface area contributed by atoms with Crippen LogP contribution in [-0.4, -0.2) is 31.1 Å². The Morgan fingerprint density at radius 2 is 1.83 bits per heavy atom. The fraction of sp³-hybridized carbons (Fsp3) is 0.579. The van der Waals surface area contributed by atoms with Gasteiger partial charge in [-0.1, -0.05) is 37.8 Å². The second-order valence-corrected chi connectivity index (χ2v) is 6.46. The van der Waals surface area contributed by atoms with Gasteiger partial charge >= 0.3 is 0 Å². The van der Waals surface area contributed by atoms with E-state index in [4.69, 9.17) is 4.74 Å². The number of carbonyl (C=O) groups excluding carboxylic acids is 2. The molecule has 0 unspecified atom stereocenters. The van der Waals surface area contributed by atoms with Crippen LogP contribution in [0.15, 0.2) is 18.2 Å². The van der Waals surface area contributed by atoms with Gasteiger partial charge in [-0.25, -0.2) is 0 Å². The molecule has 1 atom stereocenters. The maximum Gasteiger partial charge on any atom is 0.253 e. The van der Waals surface area contributed by atoms with Crippen molar-refractivity contribution in [3.8, 4) is 0 Å². The molecule has 5 nitrogen and oxygen atoms in total. The lowest BCUT2D eigenvalue weighted by molar-refractivity contribution is -0.130. The summed E-state index contributed by atoms with van der Waals surface area (Å²) in [5.74, 6) is -0.421. The van der Waals surface area contributed by atoms with Gasteiger partial charge in [0.05, 0.1) is 17.4 Å². The molecule has 0 aromatic heterocycles. The number of rotatable bonds is 5. The van der Waals surface area contributed by atoms with Gasteiger partial charge in [-0.3, -0.25) is 9.59 Å². The fourth-order valence-corrected chi connectivity index (χ4v) is 3.16. The monoisotopic (exact) mass is 332 g/mol. The summed E-state index contributed by atoms with van der Waals surface area (Å²) in [4.78, 5) is 24.5.